The molecule has 2 aromatic carbocycles. The van der Waals surface area contributed by atoms with E-state index in [-0.39, 0.29) is 12.8 Å². The number of hydrogen-bond donors (Lipinski definition) is 1. The third-order valence-electron chi connectivity index (χ3n) is 2.75. The Balaban J connectivity index is 2.27. The molecular formula is C15H17NO2. The van der Waals surface area contributed by atoms with Gasteiger partial charge in [-0.2, -0.15) is 0 Å². The van der Waals surface area contributed by atoms with Crippen molar-refractivity contribution in [1.29, 1.82) is 0 Å². The van der Waals surface area contributed by atoms with E-state index in [1.807, 2.05) is 54.6 Å². The van der Waals surface area contributed by atoms with E-state index in [1.165, 1.54) is 0 Å². The highest BCUT2D eigenvalue weighted by Crippen LogP contribution is 2.27. The Hall–Kier alpha value is -1.84. The summed E-state index contributed by atoms with van der Waals surface area (Å²) in [5, 5.41) is 0. The molecule has 18 heavy (non-hydrogen) atoms. The first-order valence-corrected chi connectivity index (χ1v) is 5.84. The zero-order chi connectivity index (χ0) is 12.8. The molecule has 2 aromatic rings. The molecule has 0 fully saturated rings. The minimum Gasteiger partial charge on any atom is -0.467 e. The highest BCUT2D eigenvalue weighted by Gasteiger charge is 2.13. The molecule has 0 amide bonds. The van der Waals surface area contributed by atoms with Gasteiger partial charge in [0.15, 0.2) is 6.79 Å². The zero-order valence-corrected chi connectivity index (χ0v) is 10.4. The molecule has 0 saturated heterocycles. The van der Waals surface area contributed by atoms with Crippen LogP contribution in [0.4, 0.5) is 0 Å². The van der Waals surface area contributed by atoms with Crippen LogP contribution in [0.2, 0.25) is 0 Å². The van der Waals surface area contributed by atoms with Crippen LogP contribution in [0.5, 0.6) is 5.75 Å². The van der Waals surface area contributed by atoms with Gasteiger partial charge in [-0.15, -0.1) is 0 Å². The highest BCUT2D eigenvalue weighted by molar-refractivity contribution is 5.41. The Labute approximate surface area is 107 Å². The SMILES string of the molecule is COCOc1ccccc1[C@H](N)c1ccccc1. The molecule has 0 heterocycles. The van der Waals surface area contributed by atoms with Crippen molar-refractivity contribution in [2.75, 3.05) is 13.9 Å². The van der Waals surface area contributed by atoms with E-state index in [1.54, 1.807) is 7.11 Å². The van der Waals surface area contributed by atoms with E-state index >= 15 is 0 Å². The first-order valence-electron chi connectivity index (χ1n) is 5.84. The molecule has 2 N–H and O–H groups in total. The van der Waals surface area contributed by atoms with Crippen LogP contribution in [0.3, 0.4) is 0 Å². The van der Waals surface area contributed by atoms with Gasteiger partial charge in [-0.05, 0) is 11.6 Å². The molecule has 0 aliphatic rings. The Kier molecular flexibility index (Phi) is 4.34. The van der Waals surface area contributed by atoms with Crippen LogP contribution in [0, 0.1) is 0 Å². The summed E-state index contributed by atoms with van der Waals surface area (Å²) in [6.07, 6.45) is 0. The zero-order valence-electron chi connectivity index (χ0n) is 10.4. The Morgan fingerprint density at radius 3 is 2.39 bits per heavy atom. The van der Waals surface area contributed by atoms with E-state index < -0.39 is 0 Å². The Morgan fingerprint density at radius 1 is 1.00 bits per heavy atom. The van der Waals surface area contributed by atoms with Gasteiger partial charge in [0.05, 0.1) is 6.04 Å². The first-order chi connectivity index (χ1) is 8.83. The van der Waals surface area contributed by atoms with Gasteiger partial charge in [-0.25, -0.2) is 0 Å². The van der Waals surface area contributed by atoms with Gasteiger partial charge in [0.1, 0.15) is 5.75 Å². The fraction of sp³-hybridized carbons (Fsp3) is 0.200. The van der Waals surface area contributed by atoms with Crippen molar-refractivity contribution in [3.05, 3.63) is 65.7 Å². The number of hydrogen-bond acceptors (Lipinski definition) is 3. The van der Waals surface area contributed by atoms with Crippen LogP contribution in [-0.2, 0) is 4.74 Å². The van der Waals surface area contributed by atoms with Crippen LogP contribution >= 0.6 is 0 Å². The van der Waals surface area contributed by atoms with Gasteiger partial charge in [0.2, 0.25) is 0 Å². The fourth-order valence-corrected chi connectivity index (χ4v) is 1.83. The molecule has 0 saturated carbocycles. The number of benzene rings is 2. The topological polar surface area (TPSA) is 44.5 Å². The van der Waals surface area contributed by atoms with Crippen LogP contribution in [0.1, 0.15) is 17.2 Å². The van der Waals surface area contributed by atoms with Crippen molar-refractivity contribution in [3.63, 3.8) is 0 Å². The standard InChI is InChI=1S/C15H17NO2/c1-17-11-18-14-10-6-5-9-13(14)15(16)12-7-3-2-4-8-12/h2-10,15H,11,16H2,1H3/t15-/m1/s1. The quantitative estimate of drug-likeness (QED) is 0.821. The van der Waals surface area contributed by atoms with Crippen LogP contribution in [-0.4, -0.2) is 13.9 Å². The van der Waals surface area contributed by atoms with Crippen molar-refractivity contribution in [2.24, 2.45) is 5.73 Å². The summed E-state index contributed by atoms with van der Waals surface area (Å²) < 4.78 is 10.4. The summed E-state index contributed by atoms with van der Waals surface area (Å²) in [6.45, 7) is 0.221. The number of para-hydroxylation sites is 1. The lowest BCUT2D eigenvalue weighted by Gasteiger charge is -2.16. The van der Waals surface area contributed by atoms with E-state index in [9.17, 15) is 0 Å². The monoisotopic (exact) mass is 243 g/mol. The molecule has 0 radical (unpaired) electrons. The summed E-state index contributed by atoms with van der Waals surface area (Å²) in [7, 11) is 1.60. The summed E-state index contributed by atoms with van der Waals surface area (Å²) in [6, 6.07) is 17.5. The predicted octanol–water partition coefficient (Wildman–Crippen LogP) is 2.72. The van der Waals surface area contributed by atoms with Gasteiger partial charge >= 0.3 is 0 Å². The van der Waals surface area contributed by atoms with Gasteiger partial charge in [0, 0.05) is 12.7 Å². The van der Waals surface area contributed by atoms with E-state index in [0.29, 0.717) is 0 Å². The van der Waals surface area contributed by atoms with Gasteiger partial charge < -0.3 is 15.2 Å². The molecular weight excluding hydrogens is 226 g/mol. The second kappa shape index (κ2) is 6.19. The molecule has 0 bridgehead atoms. The van der Waals surface area contributed by atoms with Gasteiger partial charge in [0.25, 0.3) is 0 Å². The Bertz CT molecular complexity index is 485. The maximum absolute atomic E-state index is 6.27. The highest BCUT2D eigenvalue weighted by atomic mass is 16.7. The lowest BCUT2D eigenvalue weighted by Crippen LogP contribution is -2.13. The lowest BCUT2D eigenvalue weighted by molar-refractivity contribution is 0.0503. The largest absolute Gasteiger partial charge is 0.467 e. The van der Waals surface area contributed by atoms with E-state index in [0.717, 1.165) is 16.9 Å². The summed E-state index contributed by atoms with van der Waals surface area (Å²) in [4.78, 5) is 0. The molecule has 0 aliphatic heterocycles. The summed E-state index contributed by atoms with van der Waals surface area (Å²) in [5.74, 6) is 0.760. The maximum Gasteiger partial charge on any atom is 0.188 e. The fourth-order valence-electron chi connectivity index (χ4n) is 1.83. The third kappa shape index (κ3) is 2.88. The average molecular weight is 243 g/mol. The van der Waals surface area contributed by atoms with Crippen molar-refractivity contribution in [3.8, 4) is 5.75 Å². The molecule has 0 spiro atoms. The average Bonchev–Trinajstić information content (AvgIpc) is 2.45. The van der Waals surface area contributed by atoms with Crippen molar-refractivity contribution in [2.45, 2.75) is 6.04 Å². The third-order valence-corrected chi connectivity index (χ3v) is 2.75. The number of ether oxygens (including phenoxy) is 2. The minimum atomic E-state index is -0.195. The molecule has 1 atom stereocenters. The minimum absolute atomic E-state index is 0.195. The summed E-state index contributed by atoms with van der Waals surface area (Å²) >= 11 is 0. The van der Waals surface area contributed by atoms with E-state index in [4.69, 9.17) is 15.2 Å². The maximum atomic E-state index is 6.27. The normalized spacial score (nSPS) is 12.1. The lowest BCUT2D eigenvalue weighted by atomic mass is 9.99. The molecule has 2 rings (SSSR count). The van der Waals surface area contributed by atoms with Crippen molar-refractivity contribution < 1.29 is 9.47 Å². The number of nitrogens with two attached hydrogens (primary N) is 1. The predicted molar refractivity (Wildman–Crippen MR) is 71.4 cm³/mol. The molecule has 3 nitrogen and oxygen atoms in total. The number of rotatable bonds is 5. The molecule has 0 aromatic heterocycles. The second-order valence-corrected chi connectivity index (χ2v) is 3.98. The summed E-state index contributed by atoms with van der Waals surface area (Å²) in [5.41, 5.74) is 8.29. The van der Waals surface area contributed by atoms with Crippen molar-refractivity contribution >= 4 is 0 Å². The molecule has 94 valence electrons. The van der Waals surface area contributed by atoms with Crippen LogP contribution in [0.25, 0.3) is 0 Å². The molecule has 0 unspecified atom stereocenters. The van der Waals surface area contributed by atoms with Gasteiger partial charge in [-0.3, -0.25) is 0 Å². The van der Waals surface area contributed by atoms with Gasteiger partial charge in [-0.1, -0.05) is 48.5 Å². The smallest absolute Gasteiger partial charge is 0.188 e. The first kappa shape index (κ1) is 12.6. The molecule has 3 heteroatoms. The van der Waals surface area contributed by atoms with Crippen molar-refractivity contribution in [1.82, 2.24) is 0 Å². The second-order valence-electron chi connectivity index (χ2n) is 3.98. The van der Waals surface area contributed by atoms with Crippen LogP contribution < -0.4 is 10.5 Å². The molecule has 0 aliphatic carbocycles. The van der Waals surface area contributed by atoms with E-state index in [2.05, 4.69) is 0 Å². The Morgan fingerprint density at radius 2 is 1.67 bits per heavy atom. The van der Waals surface area contributed by atoms with Crippen LogP contribution in [0.15, 0.2) is 54.6 Å². The number of methoxy groups -OCH3 is 1.